The van der Waals surface area contributed by atoms with Crippen molar-refractivity contribution in [2.24, 2.45) is 5.92 Å². The Morgan fingerprint density at radius 1 is 1.33 bits per heavy atom. The Balaban J connectivity index is 3.41. The summed E-state index contributed by atoms with van der Waals surface area (Å²) < 4.78 is 0. The van der Waals surface area contributed by atoms with Gasteiger partial charge in [-0.2, -0.15) is 10.5 Å². The Morgan fingerprint density at radius 3 is 2.24 bits per heavy atom. The van der Waals surface area contributed by atoms with E-state index in [0.29, 0.717) is 0 Å². The molecule has 1 aromatic carbocycles. The molecule has 2 N–H and O–H groups in total. The predicted octanol–water partition coefficient (Wildman–Crippen LogP) is 1.86. The van der Waals surface area contributed by atoms with Crippen molar-refractivity contribution < 1.29 is 14.8 Å². The Morgan fingerprint density at radius 2 is 1.86 bits per heavy atom. The third-order valence-electron chi connectivity index (χ3n) is 2.82. The van der Waals surface area contributed by atoms with E-state index in [4.69, 9.17) is 15.6 Å². The van der Waals surface area contributed by atoms with Crippen LogP contribution in [0.3, 0.4) is 0 Å². The lowest BCUT2D eigenvalue weighted by molar-refractivity contribution is -0.384. The van der Waals surface area contributed by atoms with Gasteiger partial charge in [0.15, 0.2) is 0 Å². The van der Waals surface area contributed by atoms with Crippen molar-refractivity contribution in [3.8, 4) is 12.1 Å². The number of nitriles is 2. The zero-order chi connectivity index (χ0) is 16.2. The van der Waals surface area contributed by atoms with Crippen molar-refractivity contribution in [1.29, 1.82) is 10.5 Å². The van der Waals surface area contributed by atoms with Crippen LogP contribution in [-0.2, 0) is 4.79 Å². The first-order valence-electron chi connectivity index (χ1n) is 5.93. The molecule has 1 atom stereocenters. The van der Waals surface area contributed by atoms with E-state index < -0.39 is 22.6 Å². The summed E-state index contributed by atoms with van der Waals surface area (Å²) in [5.41, 5.74) is -0.737. The average Bonchev–Trinajstić information content (AvgIpc) is 2.42. The predicted molar refractivity (Wildman–Crippen MR) is 72.4 cm³/mol. The molecule has 0 aliphatic heterocycles. The van der Waals surface area contributed by atoms with Crippen LogP contribution in [0.2, 0.25) is 0 Å². The molecular weight excluding hydrogens is 276 g/mol. The van der Waals surface area contributed by atoms with Gasteiger partial charge in [0.1, 0.15) is 23.9 Å². The highest BCUT2D eigenvalue weighted by Gasteiger charge is 2.26. The Kier molecular flexibility index (Phi) is 4.81. The quantitative estimate of drug-likeness (QED) is 0.622. The maximum absolute atomic E-state index is 11.2. The molecule has 1 aromatic rings. The number of aliphatic carboxylic acids is 1. The highest BCUT2D eigenvalue weighted by molar-refractivity contribution is 5.80. The smallest absolute Gasteiger partial charge is 0.326 e. The number of nitro benzene ring substituents is 1. The van der Waals surface area contributed by atoms with Crippen molar-refractivity contribution in [2.75, 3.05) is 5.32 Å². The van der Waals surface area contributed by atoms with Crippen molar-refractivity contribution >= 4 is 17.3 Å². The number of anilines is 1. The molecule has 8 nitrogen and oxygen atoms in total. The molecule has 0 unspecified atom stereocenters. The number of hydrogen-bond donors (Lipinski definition) is 2. The molecule has 0 amide bonds. The number of nitro groups is 1. The van der Waals surface area contributed by atoms with Gasteiger partial charge in [-0.15, -0.1) is 0 Å². The van der Waals surface area contributed by atoms with Crippen LogP contribution in [0.15, 0.2) is 12.1 Å². The van der Waals surface area contributed by atoms with Crippen LogP contribution in [0, 0.1) is 38.7 Å². The van der Waals surface area contributed by atoms with E-state index in [1.54, 1.807) is 26.0 Å². The molecule has 8 heteroatoms. The van der Waals surface area contributed by atoms with Crippen LogP contribution in [0.5, 0.6) is 0 Å². The van der Waals surface area contributed by atoms with Crippen LogP contribution >= 0.6 is 0 Å². The lowest BCUT2D eigenvalue weighted by atomic mass is 10.0. The number of carbonyl (C=O) groups is 1. The van der Waals surface area contributed by atoms with Gasteiger partial charge in [-0.1, -0.05) is 13.8 Å². The molecule has 0 aliphatic rings. The van der Waals surface area contributed by atoms with Gasteiger partial charge < -0.3 is 10.4 Å². The molecular formula is C13H12N4O4. The molecule has 0 radical (unpaired) electrons. The summed E-state index contributed by atoms with van der Waals surface area (Å²) in [4.78, 5) is 21.5. The van der Waals surface area contributed by atoms with E-state index in [0.717, 1.165) is 12.1 Å². The maximum atomic E-state index is 11.2. The molecule has 0 saturated carbocycles. The van der Waals surface area contributed by atoms with E-state index in [-0.39, 0.29) is 22.7 Å². The molecule has 0 heterocycles. The van der Waals surface area contributed by atoms with Crippen molar-refractivity contribution in [3.63, 3.8) is 0 Å². The van der Waals surface area contributed by atoms with Crippen LogP contribution in [-0.4, -0.2) is 22.0 Å². The Labute approximate surface area is 120 Å². The third-order valence-corrected chi connectivity index (χ3v) is 2.82. The fraction of sp³-hybridized carbons (Fsp3) is 0.308. The maximum Gasteiger partial charge on any atom is 0.326 e. The molecule has 1 rings (SSSR count). The van der Waals surface area contributed by atoms with Gasteiger partial charge in [0.05, 0.1) is 16.1 Å². The molecule has 0 spiro atoms. The minimum Gasteiger partial charge on any atom is -0.480 e. The zero-order valence-electron chi connectivity index (χ0n) is 11.3. The second-order valence-electron chi connectivity index (χ2n) is 4.60. The molecule has 0 bridgehead atoms. The number of carboxylic acids is 1. The molecule has 0 saturated heterocycles. The number of nitrogens with zero attached hydrogens (tertiary/aromatic N) is 3. The van der Waals surface area contributed by atoms with Gasteiger partial charge in [0.25, 0.3) is 5.69 Å². The third kappa shape index (κ3) is 3.45. The monoisotopic (exact) mass is 288 g/mol. The number of hydrogen-bond acceptors (Lipinski definition) is 6. The van der Waals surface area contributed by atoms with E-state index in [1.165, 1.54) is 0 Å². The van der Waals surface area contributed by atoms with Gasteiger partial charge in [0.2, 0.25) is 0 Å². The largest absolute Gasteiger partial charge is 0.480 e. The first-order chi connectivity index (χ1) is 9.81. The summed E-state index contributed by atoms with van der Waals surface area (Å²) >= 11 is 0. The van der Waals surface area contributed by atoms with Crippen LogP contribution in [0.4, 0.5) is 11.4 Å². The Bertz CT molecular complexity index is 670. The van der Waals surface area contributed by atoms with Crippen LogP contribution in [0.25, 0.3) is 0 Å². The zero-order valence-corrected chi connectivity index (χ0v) is 11.3. The molecule has 108 valence electrons. The minimum absolute atomic E-state index is 0.0569. The van der Waals surface area contributed by atoms with Crippen molar-refractivity contribution in [1.82, 2.24) is 0 Å². The fourth-order valence-electron chi connectivity index (χ4n) is 1.72. The summed E-state index contributed by atoms with van der Waals surface area (Å²) in [6.07, 6.45) is 0. The van der Waals surface area contributed by atoms with Gasteiger partial charge in [-0.3, -0.25) is 10.1 Å². The summed E-state index contributed by atoms with van der Waals surface area (Å²) in [5.74, 6) is -1.49. The molecule has 0 fully saturated rings. The Hall–Kier alpha value is -3.13. The van der Waals surface area contributed by atoms with Gasteiger partial charge in [-0.05, 0) is 12.0 Å². The van der Waals surface area contributed by atoms with E-state index >= 15 is 0 Å². The topological polar surface area (TPSA) is 140 Å². The van der Waals surface area contributed by atoms with E-state index in [2.05, 4.69) is 5.32 Å². The van der Waals surface area contributed by atoms with Crippen molar-refractivity contribution in [2.45, 2.75) is 19.9 Å². The summed E-state index contributed by atoms with van der Waals surface area (Å²) in [5, 5.41) is 40.5. The fourth-order valence-corrected chi connectivity index (χ4v) is 1.72. The lowest BCUT2D eigenvalue weighted by Gasteiger charge is -2.19. The summed E-state index contributed by atoms with van der Waals surface area (Å²) in [6, 6.07) is 4.47. The first-order valence-corrected chi connectivity index (χ1v) is 5.93. The number of carboxylic acid groups (broad SMARTS) is 1. The highest BCUT2D eigenvalue weighted by Crippen LogP contribution is 2.29. The summed E-state index contributed by atoms with van der Waals surface area (Å²) in [6.45, 7) is 3.29. The van der Waals surface area contributed by atoms with E-state index in [1.807, 2.05) is 0 Å². The number of rotatable bonds is 5. The standard InChI is InChI=1S/C13H12N4O4/c1-7(2)12(13(18)19)16-10-3-8(5-14)9(6-15)4-11(10)17(20)21/h3-4,7,12,16H,1-2H3,(H,18,19)/t12-/m0/s1. The molecule has 21 heavy (non-hydrogen) atoms. The second-order valence-corrected chi connectivity index (χ2v) is 4.60. The number of benzene rings is 1. The van der Waals surface area contributed by atoms with Gasteiger partial charge in [-0.25, -0.2) is 4.79 Å². The van der Waals surface area contributed by atoms with Gasteiger partial charge in [0, 0.05) is 6.07 Å². The van der Waals surface area contributed by atoms with Crippen LogP contribution in [0.1, 0.15) is 25.0 Å². The molecule has 0 aromatic heterocycles. The first kappa shape index (κ1) is 15.9. The van der Waals surface area contributed by atoms with Crippen LogP contribution < -0.4 is 5.32 Å². The van der Waals surface area contributed by atoms with Gasteiger partial charge >= 0.3 is 5.97 Å². The van der Waals surface area contributed by atoms with Crippen molar-refractivity contribution in [3.05, 3.63) is 33.4 Å². The average molecular weight is 288 g/mol. The SMILES string of the molecule is CC(C)[C@H](Nc1cc(C#N)c(C#N)cc1[N+](=O)[O-])C(=O)O. The normalized spacial score (nSPS) is 11.3. The lowest BCUT2D eigenvalue weighted by Crippen LogP contribution is -2.34. The summed E-state index contributed by atoms with van der Waals surface area (Å²) in [7, 11) is 0. The highest BCUT2D eigenvalue weighted by atomic mass is 16.6. The number of nitrogens with one attached hydrogen (secondary N) is 1. The molecule has 0 aliphatic carbocycles. The van der Waals surface area contributed by atoms with E-state index in [9.17, 15) is 14.9 Å². The minimum atomic E-state index is -1.16. The second kappa shape index (κ2) is 6.35.